The zero-order chi connectivity index (χ0) is 16.0. The molecule has 0 spiro atoms. The predicted octanol–water partition coefficient (Wildman–Crippen LogP) is 5.38. The molecule has 0 atom stereocenters. The summed E-state index contributed by atoms with van der Waals surface area (Å²) in [4.78, 5) is 0. The molecular weight excluding hydrogens is 278 g/mol. The summed E-state index contributed by atoms with van der Waals surface area (Å²) in [6, 6.07) is 21.4. The Morgan fingerprint density at radius 1 is 0.739 bits per heavy atom. The van der Waals surface area contributed by atoms with Gasteiger partial charge in [0.25, 0.3) is 0 Å². The van der Waals surface area contributed by atoms with E-state index in [0.29, 0.717) is 0 Å². The smallest absolute Gasteiger partial charge is 0.0541 e. The lowest BCUT2D eigenvalue weighted by Crippen LogP contribution is -1.93. The van der Waals surface area contributed by atoms with Crippen LogP contribution in [0.25, 0.3) is 27.5 Å². The van der Waals surface area contributed by atoms with Gasteiger partial charge in [0.15, 0.2) is 0 Å². The van der Waals surface area contributed by atoms with Gasteiger partial charge in [0.05, 0.1) is 11.0 Å². The SMILES string of the molecule is C#Cc1ccc(-n2c3ccc(C)cc3c3cc(C)ccc32)cc1. The van der Waals surface area contributed by atoms with Crippen LogP contribution >= 0.6 is 0 Å². The van der Waals surface area contributed by atoms with Crippen molar-refractivity contribution in [2.45, 2.75) is 13.8 Å². The third kappa shape index (κ3) is 2.12. The van der Waals surface area contributed by atoms with Crippen molar-refractivity contribution in [3.8, 4) is 18.0 Å². The van der Waals surface area contributed by atoms with Gasteiger partial charge in [-0.3, -0.25) is 0 Å². The molecule has 3 aromatic carbocycles. The lowest BCUT2D eigenvalue weighted by molar-refractivity contribution is 1.18. The van der Waals surface area contributed by atoms with E-state index in [-0.39, 0.29) is 0 Å². The molecule has 0 bridgehead atoms. The summed E-state index contributed by atoms with van der Waals surface area (Å²) in [5.41, 5.74) is 7.05. The first kappa shape index (κ1) is 13.7. The van der Waals surface area contributed by atoms with Crippen LogP contribution in [0.15, 0.2) is 60.7 Å². The van der Waals surface area contributed by atoms with Crippen molar-refractivity contribution in [1.29, 1.82) is 0 Å². The standard InChI is InChI=1S/C22H17N/c1-4-17-7-9-18(10-8-17)23-21-11-5-15(2)13-19(21)20-14-16(3)6-12-22(20)23/h1,5-14H,2-3H3. The molecule has 1 nitrogen and oxygen atoms in total. The largest absolute Gasteiger partial charge is 0.309 e. The molecule has 4 aromatic rings. The van der Waals surface area contributed by atoms with Crippen molar-refractivity contribution in [3.05, 3.63) is 77.4 Å². The summed E-state index contributed by atoms with van der Waals surface area (Å²) in [7, 11) is 0. The van der Waals surface area contributed by atoms with Gasteiger partial charge in [-0.05, 0) is 62.4 Å². The highest BCUT2D eigenvalue weighted by molar-refractivity contribution is 6.09. The van der Waals surface area contributed by atoms with Crippen molar-refractivity contribution < 1.29 is 0 Å². The molecule has 0 aliphatic heterocycles. The molecule has 0 N–H and O–H groups in total. The highest BCUT2D eigenvalue weighted by atomic mass is 15.0. The van der Waals surface area contributed by atoms with Gasteiger partial charge in [0.1, 0.15) is 0 Å². The zero-order valence-corrected chi connectivity index (χ0v) is 13.3. The van der Waals surface area contributed by atoms with E-state index in [9.17, 15) is 0 Å². The van der Waals surface area contributed by atoms with Crippen molar-refractivity contribution >= 4 is 21.8 Å². The third-order valence-corrected chi connectivity index (χ3v) is 4.37. The van der Waals surface area contributed by atoms with E-state index in [1.54, 1.807) is 0 Å². The number of hydrogen-bond acceptors (Lipinski definition) is 0. The van der Waals surface area contributed by atoms with Gasteiger partial charge >= 0.3 is 0 Å². The van der Waals surface area contributed by atoms with Crippen LogP contribution in [0.4, 0.5) is 0 Å². The summed E-state index contributed by atoms with van der Waals surface area (Å²) in [6.07, 6.45) is 5.48. The molecule has 4 rings (SSSR count). The van der Waals surface area contributed by atoms with Crippen LogP contribution in [0.2, 0.25) is 0 Å². The van der Waals surface area contributed by atoms with Gasteiger partial charge < -0.3 is 4.57 Å². The van der Waals surface area contributed by atoms with Gasteiger partial charge in [-0.1, -0.05) is 29.2 Å². The van der Waals surface area contributed by atoms with Crippen LogP contribution in [-0.4, -0.2) is 4.57 Å². The van der Waals surface area contributed by atoms with Crippen molar-refractivity contribution in [2.24, 2.45) is 0 Å². The van der Waals surface area contributed by atoms with E-state index in [1.165, 1.54) is 32.9 Å². The summed E-state index contributed by atoms with van der Waals surface area (Å²) >= 11 is 0. The molecule has 0 radical (unpaired) electrons. The molecule has 1 aromatic heterocycles. The minimum absolute atomic E-state index is 0.904. The monoisotopic (exact) mass is 295 g/mol. The van der Waals surface area contributed by atoms with E-state index >= 15 is 0 Å². The highest BCUT2D eigenvalue weighted by Crippen LogP contribution is 2.33. The number of terminal acetylenes is 1. The molecule has 0 aliphatic rings. The fraction of sp³-hybridized carbons (Fsp3) is 0.0909. The van der Waals surface area contributed by atoms with E-state index in [2.05, 4.69) is 72.9 Å². The van der Waals surface area contributed by atoms with E-state index in [4.69, 9.17) is 6.42 Å². The highest BCUT2D eigenvalue weighted by Gasteiger charge is 2.12. The first-order valence-electron chi connectivity index (χ1n) is 7.76. The number of hydrogen-bond donors (Lipinski definition) is 0. The quantitative estimate of drug-likeness (QED) is 0.415. The van der Waals surface area contributed by atoms with Crippen molar-refractivity contribution in [2.75, 3.05) is 0 Å². The summed E-state index contributed by atoms with van der Waals surface area (Å²) < 4.78 is 2.31. The lowest BCUT2D eigenvalue weighted by atomic mass is 10.1. The first-order chi connectivity index (χ1) is 11.2. The Hall–Kier alpha value is -2.98. The lowest BCUT2D eigenvalue weighted by Gasteiger charge is -2.08. The normalized spacial score (nSPS) is 11.0. The molecule has 0 amide bonds. The van der Waals surface area contributed by atoms with E-state index in [0.717, 1.165) is 11.3 Å². The molecule has 23 heavy (non-hydrogen) atoms. The topological polar surface area (TPSA) is 4.93 Å². The van der Waals surface area contributed by atoms with Gasteiger partial charge in [-0.15, -0.1) is 6.42 Å². The average Bonchev–Trinajstić information content (AvgIpc) is 2.88. The number of aromatic nitrogens is 1. The Balaban J connectivity index is 2.13. The van der Waals surface area contributed by atoms with Gasteiger partial charge in [0, 0.05) is 22.0 Å². The first-order valence-corrected chi connectivity index (χ1v) is 7.76. The van der Waals surface area contributed by atoms with Crippen LogP contribution in [0, 0.1) is 26.2 Å². The molecule has 0 saturated heterocycles. The van der Waals surface area contributed by atoms with Crippen LogP contribution in [-0.2, 0) is 0 Å². The Labute approximate surface area is 136 Å². The Kier molecular flexibility index (Phi) is 2.99. The summed E-state index contributed by atoms with van der Waals surface area (Å²) in [5.74, 6) is 2.68. The third-order valence-electron chi connectivity index (χ3n) is 4.37. The Morgan fingerprint density at radius 3 is 1.74 bits per heavy atom. The van der Waals surface area contributed by atoms with Crippen LogP contribution in [0.5, 0.6) is 0 Å². The molecular formula is C22H17N. The fourth-order valence-corrected chi connectivity index (χ4v) is 3.24. The molecule has 1 heterocycles. The maximum absolute atomic E-state index is 5.48. The van der Waals surface area contributed by atoms with Crippen molar-refractivity contribution in [1.82, 2.24) is 4.57 Å². The number of aryl methyl sites for hydroxylation is 2. The maximum Gasteiger partial charge on any atom is 0.0541 e. The fourth-order valence-electron chi connectivity index (χ4n) is 3.24. The molecule has 1 heteroatoms. The van der Waals surface area contributed by atoms with Gasteiger partial charge in [0.2, 0.25) is 0 Å². The van der Waals surface area contributed by atoms with Crippen LogP contribution in [0.3, 0.4) is 0 Å². The van der Waals surface area contributed by atoms with E-state index < -0.39 is 0 Å². The summed E-state index contributed by atoms with van der Waals surface area (Å²) in [5, 5.41) is 2.59. The van der Waals surface area contributed by atoms with Gasteiger partial charge in [-0.2, -0.15) is 0 Å². The molecule has 110 valence electrons. The number of nitrogens with zero attached hydrogens (tertiary/aromatic N) is 1. The molecule has 0 unspecified atom stereocenters. The number of benzene rings is 3. The minimum Gasteiger partial charge on any atom is -0.309 e. The number of rotatable bonds is 1. The molecule has 0 fully saturated rings. The van der Waals surface area contributed by atoms with Crippen LogP contribution < -0.4 is 0 Å². The van der Waals surface area contributed by atoms with E-state index in [1.807, 2.05) is 12.1 Å². The minimum atomic E-state index is 0.904. The molecule has 0 saturated carbocycles. The molecule has 0 aliphatic carbocycles. The second-order valence-corrected chi connectivity index (χ2v) is 6.07. The second-order valence-electron chi connectivity index (χ2n) is 6.07. The second kappa shape index (κ2) is 5.04. The zero-order valence-electron chi connectivity index (χ0n) is 13.3. The predicted molar refractivity (Wildman–Crippen MR) is 98.2 cm³/mol. The Morgan fingerprint density at radius 2 is 1.26 bits per heavy atom. The van der Waals surface area contributed by atoms with Crippen molar-refractivity contribution in [3.63, 3.8) is 0 Å². The summed E-state index contributed by atoms with van der Waals surface area (Å²) in [6.45, 7) is 4.28. The Bertz CT molecular complexity index is 1010. The van der Waals surface area contributed by atoms with Gasteiger partial charge in [-0.25, -0.2) is 0 Å². The maximum atomic E-state index is 5.48. The number of fused-ring (bicyclic) bond motifs is 3. The average molecular weight is 295 g/mol. The van der Waals surface area contributed by atoms with Crippen LogP contribution in [0.1, 0.15) is 16.7 Å².